The topological polar surface area (TPSA) is 103 Å². The molecule has 0 aliphatic carbocycles. The Morgan fingerprint density at radius 2 is 1.87 bits per heavy atom. The van der Waals surface area contributed by atoms with Crippen LogP contribution in [0.5, 0.6) is 0 Å². The van der Waals surface area contributed by atoms with Crippen LogP contribution in [0.15, 0.2) is 69.9 Å². The average Bonchev–Trinajstić information content (AvgIpc) is 3.24. The molecule has 31 heavy (non-hydrogen) atoms. The molecule has 0 atom stereocenters. The lowest BCUT2D eigenvalue weighted by Crippen LogP contribution is -2.11. The lowest BCUT2D eigenvalue weighted by Gasteiger charge is -2.07. The van der Waals surface area contributed by atoms with E-state index in [2.05, 4.69) is 9.97 Å². The van der Waals surface area contributed by atoms with Crippen LogP contribution in [-0.2, 0) is 6.18 Å². The maximum atomic E-state index is 12.9. The molecule has 0 spiro atoms. The Kier molecular flexibility index (Phi) is 4.83. The number of furan rings is 1. The molecule has 0 saturated heterocycles. The molecule has 0 unspecified atom stereocenters. The zero-order chi connectivity index (χ0) is 22.2. The number of aliphatic hydroxyl groups excluding tert-OH is 1. The van der Waals surface area contributed by atoms with Crippen molar-refractivity contribution in [2.24, 2.45) is 0 Å². The molecule has 0 fully saturated rings. The van der Waals surface area contributed by atoms with E-state index in [1.165, 1.54) is 24.3 Å². The minimum absolute atomic E-state index is 0.0601. The van der Waals surface area contributed by atoms with Gasteiger partial charge >= 0.3 is 6.18 Å². The van der Waals surface area contributed by atoms with Crippen molar-refractivity contribution < 1.29 is 22.7 Å². The zero-order valence-electron chi connectivity index (χ0n) is 15.6. The molecule has 2 N–H and O–H groups in total. The maximum absolute atomic E-state index is 12.9. The number of nitrogens with zero attached hydrogens (tertiary/aromatic N) is 2. The highest BCUT2D eigenvalue weighted by Crippen LogP contribution is 2.34. The van der Waals surface area contributed by atoms with Crippen molar-refractivity contribution in [3.63, 3.8) is 0 Å². The number of benzene rings is 2. The van der Waals surface area contributed by atoms with Crippen molar-refractivity contribution in [1.29, 1.82) is 5.26 Å². The summed E-state index contributed by atoms with van der Waals surface area (Å²) >= 11 is 0. The second-order valence-electron chi connectivity index (χ2n) is 6.51. The summed E-state index contributed by atoms with van der Waals surface area (Å²) in [6.45, 7) is 0. The van der Waals surface area contributed by atoms with Gasteiger partial charge in [-0.3, -0.25) is 4.79 Å². The van der Waals surface area contributed by atoms with E-state index < -0.39 is 23.1 Å². The Morgan fingerprint density at radius 1 is 1.10 bits per heavy atom. The zero-order valence-corrected chi connectivity index (χ0v) is 15.6. The number of halogens is 3. The van der Waals surface area contributed by atoms with Crippen molar-refractivity contribution >= 4 is 22.2 Å². The molecular formula is C22H12F3N3O3. The van der Waals surface area contributed by atoms with Gasteiger partial charge in [0, 0.05) is 5.56 Å². The van der Waals surface area contributed by atoms with Crippen LogP contribution in [0.1, 0.15) is 17.1 Å². The lowest BCUT2D eigenvalue weighted by atomic mass is 10.1. The number of allylic oxidation sites excluding steroid dienone is 1. The van der Waals surface area contributed by atoms with Gasteiger partial charge in [0.05, 0.1) is 16.5 Å². The molecule has 0 bridgehead atoms. The number of fused-ring (bicyclic) bond motifs is 1. The van der Waals surface area contributed by atoms with Crippen LogP contribution in [0.4, 0.5) is 13.2 Å². The fourth-order valence-electron chi connectivity index (χ4n) is 3.02. The van der Waals surface area contributed by atoms with Gasteiger partial charge in [-0.05, 0) is 36.4 Å². The van der Waals surface area contributed by atoms with E-state index in [0.717, 1.165) is 12.1 Å². The van der Waals surface area contributed by atoms with E-state index >= 15 is 0 Å². The summed E-state index contributed by atoms with van der Waals surface area (Å²) in [5, 5.41) is 20.4. The van der Waals surface area contributed by atoms with E-state index in [4.69, 9.17) is 4.42 Å². The summed E-state index contributed by atoms with van der Waals surface area (Å²) < 4.78 is 44.3. The normalized spacial score (nSPS) is 12.5. The van der Waals surface area contributed by atoms with Crippen molar-refractivity contribution in [2.45, 2.75) is 6.18 Å². The van der Waals surface area contributed by atoms with Gasteiger partial charge in [0.15, 0.2) is 17.3 Å². The maximum Gasteiger partial charge on any atom is 0.416 e. The minimum atomic E-state index is -4.52. The molecule has 6 nitrogen and oxygen atoms in total. The third kappa shape index (κ3) is 3.79. The number of hydrogen-bond donors (Lipinski definition) is 2. The van der Waals surface area contributed by atoms with Gasteiger partial charge in [0.25, 0.3) is 5.56 Å². The second kappa shape index (κ2) is 7.50. The number of nitriles is 1. The Bertz CT molecular complexity index is 1430. The van der Waals surface area contributed by atoms with Crippen LogP contribution < -0.4 is 5.56 Å². The summed E-state index contributed by atoms with van der Waals surface area (Å²) in [6.07, 6.45) is -4.52. The Hall–Kier alpha value is -4.32. The third-order valence-electron chi connectivity index (χ3n) is 4.51. The van der Waals surface area contributed by atoms with Crippen LogP contribution >= 0.6 is 0 Å². The molecule has 0 aliphatic heterocycles. The molecule has 2 aromatic heterocycles. The van der Waals surface area contributed by atoms with Crippen molar-refractivity contribution in [1.82, 2.24) is 9.97 Å². The number of para-hydroxylation sites is 1. The van der Waals surface area contributed by atoms with Crippen LogP contribution in [0.3, 0.4) is 0 Å². The highest BCUT2D eigenvalue weighted by atomic mass is 19.4. The number of hydrogen-bond acceptors (Lipinski definition) is 5. The molecule has 154 valence electrons. The fourth-order valence-corrected chi connectivity index (χ4v) is 3.02. The monoisotopic (exact) mass is 423 g/mol. The summed E-state index contributed by atoms with van der Waals surface area (Å²) in [5.74, 6) is -0.885. The predicted octanol–water partition coefficient (Wildman–Crippen LogP) is 5.15. The fraction of sp³-hybridized carbons (Fsp3) is 0.0455. The van der Waals surface area contributed by atoms with E-state index in [9.17, 15) is 28.3 Å². The largest absolute Gasteiger partial charge is 0.503 e. The van der Waals surface area contributed by atoms with E-state index in [0.29, 0.717) is 10.9 Å². The number of aromatic amines is 1. The number of H-pyrrole nitrogens is 1. The predicted molar refractivity (Wildman–Crippen MR) is 107 cm³/mol. The first-order chi connectivity index (χ1) is 14.8. The number of aromatic nitrogens is 2. The smallest absolute Gasteiger partial charge is 0.416 e. The number of rotatable bonds is 3. The van der Waals surface area contributed by atoms with Crippen molar-refractivity contribution in [3.8, 4) is 17.4 Å². The van der Waals surface area contributed by atoms with Gasteiger partial charge in [-0.25, -0.2) is 4.98 Å². The van der Waals surface area contributed by atoms with Crippen molar-refractivity contribution in [3.05, 3.63) is 88.2 Å². The molecule has 0 radical (unpaired) electrons. The Labute approximate surface area is 172 Å². The quantitative estimate of drug-likeness (QED) is 0.350. The lowest BCUT2D eigenvalue weighted by molar-refractivity contribution is -0.137. The first kappa shape index (κ1) is 20.0. The summed E-state index contributed by atoms with van der Waals surface area (Å²) in [7, 11) is 0. The van der Waals surface area contributed by atoms with Gasteiger partial charge in [0.2, 0.25) is 0 Å². The van der Waals surface area contributed by atoms with Gasteiger partial charge in [-0.15, -0.1) is 0 Å². The van der Waals surface area contributed by atoms with Crippen LogP contribution in [0.2, 0.25) is 0 Å². The SMILES string of the molecule is N#C/C(=C(/O)c1ccc(-c2cccc(C(F)(F)F)c2)o1)c1nc2ccccc2c(=O)[nH]1. The minimum Gasteiger partial charge on any atom is -0.503 e. The first-order valence-corrected chi connectivity index (χ1v) is 8.88. The summed E-state index contributed by atoms with van der Waals surface area (Å²) in [5.41, 5.74) is -1.23. The number of alkyl halides is 3. The molecule has 0 amide bonds. The van der Waals surface area contributed by atoms with Gasteiger partial charge in [-0.2, -0.15) is 18.4 Å². The molecule has 0 saturated carbocycles. The van der Waals surface area contributed by atoms with E-state index in [-0.39, 0.29) is 28.5 Å². The van der Waals surface area contributed by atoms with Crippen LogP contribution in [0.25, 0.3) is 33.6 Å². The van der Waals surface area contributed by atoms with Gasteiger partial charge in [-0.1, -0.05) is 24.3 Å². The Morgan fingerprint density at radius 3 is 2.61 bits per heavy atom. The molecule has 4 aromatic rings. The second-order valence-corrected chi connectivity index (χ2v) is 6.51. The third-order valence-corrected chi connectivity index (χ3v) is 4.51. The number of nitrogens with one attached hydrogen (secondary N) is 1. The highest BCUT2D eigenvalue weighted by Gasteiger charge is 2.30. The van der Waals surface area contributed by atoms with Gasteiger partial charge in [0.1, 0.15) is 17.4 Å². The van der Waals surface area contributed by atoms with E-state index in [1.54, 1.807) is 30.3 Å². The van der Waals surface area contributed by atoms with E-state index in [1.807, 2.05) is 0 Å². The first-order valence-electron chi connectivity index (χ1n) is 8.88. The van der Waals surface area contributed by atoms with Crippen molar-refractivity contribution in [2.75, 3.05) is 0 Å². The average molecular weight is 423 g/mol. The van der Waals surface area contributed by atoms with Gasteiger partial charge < -0.3 is 14.5 Å². The van der Waals surface area contributed by atoms with Crippen LogP contribution in [0, 0.1) is 11.3 Å². The standard InChI is InChI=1S/C22H12F3N3O3/c23-22(24,25)13-5-3-4-12(10-13)17-8-9-18(31-17)19(29)15(11-26)20-27-16-7-2-1-6-14(16)21(30)28-20/h1-10,29H,(H,27,28,30)/b19-15-. The molecule has 0 aliphatic rings. The number of aliphatic hydroxyl groups is 1. The molecule has 2 aromatic carbocycles. The Balaban J connectivity index is 1.78. The summed E-state index contributed by atoms with van der Waals surface area (Å²) in [4.78, 5) is 18.9. The molecule has 4 rings (SSSR count). The molecule has 2 heterocycles. The molecule has 9 heteroatoms. The molecular weight excluding hydrogens is 411 g/mol. The van der Waals surface area contributed by atoms with Crippen LogP contribution in [-0.4, -0.2) is 15.1 Å². The highest BCUT2D eigenvalue weighted by molar-refractivity contribution is 5.92. The summed E-state index contributed by atoms with van der Waals surface area (Å²) in [6, 6.07) is 15.4.